The van der Waals surface area contributed by atoms with Crippen LogP contribution in [0, 0.1) is 0 Å². The Morgan fingerprint density at radius 3 is 2.25 bits per heavy atom. The zero-order valence-electron chi connectivity index (χ0n) is 11.3. The Morgan fingerprint density at radius 1 is 0.875 bits per heavy atom. The van der Waals surface area contributed by atoms with E-state index in [0.29, 0.717) is 0 Å². The van der Waals surface area contributed by atoms with Crippen molar-refractivity contribution in [1.29, 1.82) is 0 Å². The van der Waals surface area contributed by atoms with Gasteiger partial charge in [0.2, 0.25) is 0 Å². The molecule has 3 heteroatoms. The standard InChI is InChI=1S/C13H29N3/c1-4-7-9-10-12-16-13(14-6-3)15-11-8-5-2/h4-12H2,1-3H3,(H2,14,15,16). The van der Waals surface area contributed by atoms with Gasteiger partial charge >= 0.3 is 0 Å². The van der Waals surface area contributed by atoms with Gasteiger partial charge in [-0.15, -0.1) is 0 Å². The summed E-state index contributed by atoms with van der Waals surface area (Å²) in [5, 5.41) is 6.62. The van der Waals surface area contributed by atoms with E-state index in [4.69, 9.17) is 0 Å². The fraction of sp³-hybridized carbons (Fsp3) is 0.923. The van der Waals surface area contributed by atoms with Gasteiger partial charge in [0.1, 0.15) is 0 Å². The van der Waals surface area contributed by atoms with E-state index in [1.54, 1.807) is 0 Å². The molecule has 0 atom stereocenters. The number of rotatable bonds is 9. The van der Waals surface area contributed by atoms with Gasteiger partial charge in [-0.25, -0.2) is 0 Å². The third kappa shape index (κ3) is 9.81. The van der Waals surface area contributed by atoms with Gasteiger partial charge in [0.15, 0.2) is 5.96 Å². The van der Waals surface area contributed by atoms with Crippen molar-refractivity contribution >= 4 is 5.96 Å². The maximum absolute atomic E-state index is 4.55. The third-order valence-electron chi connectivity index (χ3n) is 2.45. The molecule has 0 amide bonds. The first-order valence-corrected chi connectivity index (χ1v) is 6.87. The van der Waals surface area contributed by atoms with Crippen LogP contribution in [0.3, 0.4) is 0 Å². The first-order chi connectivity index (χ1) is 7.85. The first-order valence-electron chi connectivity index (χ1n) is 6.87. The number of hydrogen-bond donors (Lipinski definition) is 2. The lowest BCUT2D eigenvalue weighted by Crippen LogP contribution is -2.37. The molecule has 0 radical (unpaired) electrons. The Hall–Kier alpha value is -0.730. The predicted octanol–water partition coefficient (Wildman–Crippen LogP) is 2.92. The van der Waals surface area contributed by atoms with E-state index >= 15 is 0 Å². The molecule has 96 valence electrons. The van der Waals surface area contributed by atoms with E-state index in [-0.39, 0.29) is 0 Å². The number of unbranched alkanes of at least 4 members (excludes halogenated alkanes) is 4. The SMILES string of the molecule is CCCCCCN=C(NCC)NCCCC. The molecular formula is C13H29N3. The number of nitrogens with zero attached hydrogens (tertiary/aromatic N) is 1. The Bertz CT molecular complexity index is 167. The molecule has 16 heavy (non-hydrogen) atoms. The summed E-state index contributed by atoms with van der Waals surface area (Å²) in [5.74, 6) is 0.979. The Labute approximate surface area is 101 Å². The van der Waals surface area contributed by atoms with Crippen LogP contribution in [-0.4, -0.2) is 25.6 Å². The van der Waals surface area contributed by atoms with Gasteiger partial charge in [0.05, 0.1) is 0 Å². The second kappa shape index (κ2) is 12.3. The van der Waals surface area contributed by atoms with Crippen LogP contribution in [0.25, 0.3) is 0 Å². The summed E-state index contributed by atoms with van der Waals surface area (Å²) in [7, 11) is 0. The second-order valence-electron chi connectivity index (χ2n) is 4.10. The van der Waals surface area contributed by atoms with Crippen LogP contribution in [0.4, 0.5) is 0 Å². The number of guanidine groups is 1. The zero-order valence-corrected chi connectivity index (χ0v) is 11.3. The summed E-state index contributed by atoms with van der Waals surface area (Å²) in [4.78, 5) is 4.55. The number of hydrogen-bond acceptors (Lipinski definition) is 1. The highest BCUT2D eigenvalue weighted by molar-refractivity contribution is 5.79. The third-order valence-corrected chi connectivity index (χ3v) is 2.45. The maximum atomic E-state index is 4.55. The van der Waals surface area contributed by atoms with E-state index in [1.165, 1.54) is 38.5 Å². The van der Waals surface area contributed by atoms with Crippen molar-refractivity contribution < 1.29 is 0 Å². The predicted molar refractivity (Wildman–Crippen MR) is 73.0 cm³/mol. The van der Waals surface area contributed by atoms with Crippen molar-refractivity contribution in [3.8, 4) is 0 Å². The van der Waals surface area contributed by atoms with Crippen LogP contribution in [0.2, 0.25) is 0 Å². The fourth-order valence-electron chi connectivity index (χ4n) is 1.45. The first kappa shape index (κ1) is 15.3. The summed E-state index contributed by atoms with van der Waals surface area (Å²) in [5.41, 5.74) is 0. The fourth-order valence-corrected chi connectivity index (χ4v) is 1.45. The minimum atomic E-state index is 0.937. The lowest BCUT2D eigenvalue weighted by molar-refractivity contribution is 0.668. The molecule has 0 heterocycles. The minimum Gasteiger partial charge on any atom is -0.357 e. The quantitative estimate of drug-likeness (QED) is 0.361. The highest BCUT2D eigenvalue weighted by Gasteiger charge is 1.95. The van der Waals surface area contributed by atoms with Crippen molar-refractivity contribution in [2.45, 2.75) is 59.3 Å². The highest BCUT2D eigenvalue weighted by atomic mass is 15.2. The molecule has 0 aromatic carbocycles. The molecule has 0 saturated heterocycles. The molecular weight excluding hydrogens is 198 g/mol. The smallest absolute Gasteiger partial charge is 0.191 e. The van der Waals surface area contributed by atoms with Crippen molar-refractivity contribution in [3.05, 3.63) is 0 Å². The monoisotopic (exact) mass is 227 g/mol. The highest BCUT2D eigenvalue weighted by Crippen LogP contribution is 1.98. The van der Waals surface area contributed by atoms with Crippen molar-refractivity contribution in [3.63, 3.8) is 0 Å². The van der Waals surface area contributed by atoms with Gasteiger partial charge in [0, 0.05) is 19.6 Å². The lowest BCUT2D eigenvalue weighted by Gasteiger charge is -2.10. The Morgan fingerprint density at radius 2 is 1.62 bits per heavy atom. The van der Waals surface area contributed by atoms with Crippen molar-refractivity contribution in [2.75, 3.05) is 19.6 Å². The van der Waals surface area contributed by atoms with Crippen LogP contribution < -0.4 is 10.6 Å². The number of aliphatic imine (C=N–C) groups is 1. The van der Waals surface area contributed by atoms with Crippen LogP contribution in [0.5, 0.6) is 0 Å². The van der Waals surface area contributed by atoms with Gasteiger partial charge in [0.25, 0.3) is 0 Å². The van der Waals surface area contributed by atoms with E-state index in [1.807, 2.05) is 0 Å². The molecule has 0 saturated carbocycles. The zero-order chi connectivity index (χ0) is 12.1. The molecule has 0 aromatic heterocycles. The second-order valence-corrected chi connectivity index (χ2v) is 4.10. The topological polar surface area (TPSA) is 36.4 Å². The number of nitrogens with one attached hydrogen (secondary N) is 2. The molecule has 2 N–H and O–H groups in total. The summed E-state index contributed by atoms with van der Waals surface area (Å²) < 4.78 is 0. The van der Waals surface area contributed by atoms with Gasteiger partial charge in [-0.05, 0) is 19.8 Å². The van der Waals surface area contributed by atoms with E-state index in [2.05, 4.69) is 36.4 Å². The summed E-state index contributed by atoms with van der Waals surface area (Å²) >= 11 is 0. The summed E-state index contributed by atoms with van der Waals surface area (Å²) in [6, 6.07) is 0. The van der Waals surface area contributed by atoms with E-state index < -0.39 is 0 Å². The molecule has 0 rings (SSSR count). The molecule has 0 aliphatic heterocycles. The van der Waals surface area contributed by atoms with E-state index in [0.717, 1.165) is 25.6 Å². The molecule has 0 aromatic rings. The Balaban J connectivity index is 3.66. The van der Waals surface area contributed by atoms with Crippen LogP contribution >= 0.6 is 0 Å². The maximum Gasteiger partial charge on any atom is 0.191 e. The normalized spacial score (nSPS) is 11.6. The Kier molecular flexibility index (Phi) is 11.8. The largest absolute Gasteiger partial charge is 0.357 e. The van der Waals surface area contributed by atoms with Gasteiger partial charge in [-0.3, -0.25) is 4.99 Å². The van der Waals surface area contributed by atoms with Gasteiger partial charge in [-0.1, -0.05) is 39.5 Å². The van der Waals surface area contributed by atoms with Crippen LogP contribution in [0.15, 0.2) is 4.99 Å². The molecule has 0 spiro atoms. The van der Waals surface area contributed by atoms with Crippen molar-refractivity contribution in [1.82, 2.24) is 10.6 Å². The molecule has 0 aliphatic rings. The average Bonchev–Trinajstić information content (AvgIpc) is 2.29. The minimum absolute atomic E-state index is 0.937. The summed E-state index contributed by atoms with van der Waals surface area (Å²) in [6.07, 6.45) is 7.56. The molecule has 3 nitrogen and oxygen atoms in total. The van der Waals surface area contributed by atoms with Crippen LogP contribution in [0.1, 0.15) is 59.3 Å². The average molecular weight is 227 g/mol. The summed E-state index contributed by atoms with van der Waals surface area (Å²) in [6.45, 7) is 9.45. The lowest BCUT2D eigenvalue weighted by atomic mass is 10.2. The van der Waals surface area contributed by atoms with E-state index in [9.17, 15) is 0 Å². The van der Waals surface area contributed by atoms with Gasteiger partial charge in [-0.2, -0.15) is 0 Å². The molecule has 0 unspecified atom stereocenters. The molecule has 0 fully saturated rings. The van der Waals surface area contributed by atoms with Gasteiger partial charge < -0.3 is 10.6 Å². The van der Waals surface area contributed by atoms with Crippen molar-refractivity contribution in [2.24, 2.45) is 4.99 Å². The molecule has 0 bridgehead atoms. The molecule has 0 aliphatic carbocycles. The van der Waals surface area contributed by atoms with Crippen LogP contribution in [-0.2, 0) is 0 Å².